The van der Waals surface area contributed by atoms with Crippen LogP contribution in [0.15, 0.2) is 29.2 Å². The number of ketones is 1. The van der Waals surface area contributed by atoms with Gasteiger partial charge >= 0.3 is 0 Å². The highest BCUT2D eigenvalue weighted by atomic mass is 32.2. The Hall–Kier alpha value is -1.31. The lowest BCUT2D eigenvalue weighted by Crippen LogP contribution is -2.47. The average molecular weight is 247 g/mol. The predicted octanol–water partition coefficient (Wildman–Crippen LogP) is 2.52. The van der Waals surface area contributed by atoms with Crippen molar-refractivity contribution in [2.45, 2.75) is 11.8 Å². The lowest BCUT2D eigenvalue weighted by atomic mass is 9.80. The SMILES string of the molecule is CCSc1ccc(C(=O)C2(C#N)COC2)cc1. The Morgan fingerprint density at radius 2 is 2.12 bits per heavy atom. The zero-order valence-electron chi connectivity index (χ0n) is 9.60. The summed E-state index contributed by atoms with van der Waals surface area (Å²) in [5.74, 6) is 0.878. The molecule has 1 aliphatic heterocycles. The topological polar surface area (TPSA) is 50.1 Å². The lowest BCUT2D eigenvalue weighted by Gasteiger charge is -2.33. The summed E-state index contributed by atoms with van der Waals surface area (Å²) in [6.45, 7) is 2.52. The Morgan fingerprint density at radius 1 is 1.47 bits per heavy atom. The number of Topliss-reactive ketones (excluding diaryl/α,β-unsaturated/α-hetero) is 1. The largest absolute Gasteiger partial charge is 0.377 e. The predicted molar refractivity (Wildman–Crippen MR) is 66.0 cm³/mol. The van der Waals surface area contributed by atoms with Gasteiger partial charge in [0.05, 0.1) is 19.3 Å². The fourth-order valence-corrected chi connectivity index (χ4v) is 2.36. The summed E-state index contributed by atoms with van der Waals surface area (Å²) in [4.78, 5) is 13.3. The number of nitrogens with zero attached hydrogens (tertiary/aromatic N) is 1. The summed E-state index contributed by atoms with van der Waals surface area (Å²) in [6.07, 6.45) is 0. The van der Waals surface area contributed by atoms with Gasteiger partial charge in [-0.05, 0) is 17.9 Å². The molecule has 0 radical (unpaired) electrons. The summed E-state index contributed by atoms with van der Waals surface area (Å²) < 4.78 is 4.99. The van der Waals surface area contributed by atoms with E-state index in [9.17, 15) is 4.79 Å². The number of rotatable bonds is 4. The zero-order chi connectivity index (χ0) is 12.3. The first-order valence-corrected chi connectivity index (χ1v) is 6.47. The Morgan fingerprint density at radius 3 is 2.53 bits per heavy atom. The molecule has 0 unspecified atom stereocenters. The van der Waals surface area contributed by atoms with Crippen LogP contribution in [0.5, 0.6) is 0 Å². The molecule has 1 aromatic rings. The van der Waals surface area contributed by atoms with Gasteiger partial charge < -0.3 is 4.74 Å². The van der Waals surface area contributed by atoms with Crippen LogP contribution in [-0.2, 0) is 4.74 Å². The van der Waals surface area contributed by atoms with Gasteiger partial charge in [0, 0.05) is 10.5 Å². The molecule has 0 aromatic heterocycles. The quantitative estimate of drug-likeness (QED) is 0.606. The van der Waals surface area contributed by atoms with Crippen LogP contribution < -0.4 is 0 Å². The van der Waals surface area contributed by atoms with E-state index >= 15 is 0 Å². The summed E-state index contributed by atoms with van der Waals surface area (Å²) >= 11 is 1.73. The molecule has 88 valence electrons. The minimum Gasteiger partial charge on any atom is -0.377 e. The van der Waals surface area contributed by atoms with E-state index < -0.39 is 5.41 Å². The van der Waals surface area contributed by atoms with Crippen LogP contribution in [0.3, 0.4) is 0 Å². The third-order valence-corrected chi connectivity index (χ3v) is 3.67. The van der Waals surface area contributed by atoms with Crippen LogP contribution in [-0.4, -0.2) is 24.7 Å². The van der Waals surface area contributed by atoms with Gasteiger partial charge in [-0.1, -0.05) is 19.1 Å². The van der Waals surface area contributed by atoms with Crippen LogP contribution in [0, 0.1) is 16.7 Å². The maximum atomic E-state index is 12.1. The van der Waals surface area contributed by atoms with Crippen molar-refractivity contribution in [2.75, 3.05) is 19.0 Å². The van der Waals surface area contributed by atoms with Gasteiger partial charge in [0.15, 0.2) is 11.2 Å². The summed E-state index contributed by atoms with van der Waals surface area (Å²) in [5, 5.41) is 9.05. The van der Waals surface area contributed by atoms with Crippen molar-refractivity contribution in [1.29, 1.82) is 5.26 Å². The number of benzene rings is 1. The molecule has 2 rings (SSSR count). The van der Waals surface area contributed by atoms with Crippen molar-refractivity contribution in [3.05, 3.63) is 29.8 Å². The van der Waals surface area contributed by atoms with Crippen molar-refractivity contribution in [1.82, 2.24) is 0 Å². The van der Waals surface area contributed by atoms with Crippen LogP contribution in [0.1, 0.15) is 17.3 Å². The normalized spacial score (nSPS) is 16.9. The van der Waals surface area contributed by atoms with Gasteiger partial charge in [0.25, 0.3) is 0 Å². The van der Waals surface area contributed by atoms with Crippen LogP contribution in [0.2, 0.25) is 0 Å². The lowest BCUT2D eigenvalue weighted by molar-refractivity contribution is -0.0566. The molecule has 1 saturated heterocycles. The first kappa shape index (κ1) is 12.2. The van der Waals surface area contributed by atoms with Gasteiger partial charge in [-0.3, -0.25) is 4.79 Å². The number of ether oxygens (including phenoxy) is 1. The van der Waals surface area contributed by atoms with Crippen LogP contribution in [0.4, 0.5) is 0 Å². The molecule has 4 heteroatoms. The van der Waals surface area contributed by atoms with Crippen molar-refractivity contribution in [2.24, 2.45) is 5.41 Å². The fourth-order valence-electron chi connectivity index (χ4n) is 1.70. The molecule has 0 atom stereocenters. The van der Waals surface area contributed by atoms with Gasteiger partial charge in [0.2, 0.25) is 0 Å². The molecule has 1 heterocycles. The van der Waals surface area contributed by atoms with Crippen molar-refractivity contribution in [3.8, 4) is 6.07 Å². The molecule has 0 aliphatic carbocycles. The maximum Gasteiger partial charge on any atom is 0.187 e. The number of hydrogen-bond donors (Lipinski definition) is 0. The molecule has 17 heavy (non-hydrogen) atoms. The number of hydrogen-bond acceptors (Lipinski definition) is 4. The Kier molecular flexibility index (Phi) is 3.51. The van der Waals surface area contributed by atoms with Gasteiger partial charge in [-0.25, -0.2) is 0 Å². The highest BCUT2D eigenvalue weighted by Gasteiger charge is 2.46. The molecule has 3 nitrogen and oxygen atoms in total. The maximum absolute atomic E-state index is 12.1. The van der Waals surface area contributed by atoms with E-state index in [1.54, 1.807) is 23.9 Å². The van der Waals surface area contributed by atoms with E-state index in [1.165, 1.54) is 0 Å². The third-order valence-electron chi connectivity index (χ3n) is 2.77. The zero-order valence-corrected chi connectivity index (χ0v) is 10.4. The van der Waals surface area contributed by atoms with E-state index in [0.29, 0.717) is 5.56 Å². The standard InChI is InChI=1S/C13H13NO2S/c1-2-17-11-5-3-10(4-6-11)12(15)13(7-14)8-16-9-13/h3-6H,2,8-9H2,1H3. The van der Waals surface area contributed by atoms with Crippen molar-refractivity contribution >= 4 is 17.5 Å². The van der Waals surface area contributed by atoms with E-state index in [-0.39, 0.29) is 19.0 Å². The molecular weight excluding hydrogens is 234 g/mol. The number of nitriles is 1. The molecule has 0 amide bonds. The Balaban J connectivity index is 2.18. The second kappa shape index (κ2) is 4.91. The number of thioether (sulfide) groups is 1. The van der Waals surface area contributed by atoms with Gasteiger partial charge in [-0.15, -0.1) is 11.8 Å². The summed E-state index contributed by atoms with van der Waals surface area (Å²) in [5.41, 5.74) is -0.352. The second-order valence-corrected chi connectivity index (χ2v) is 5.31. The minimum absolute atomic E-state index is 0.126. The minimum atomic E-state index is -0.945. The molecule has 0 bridgehead atoms. The first-order chi connectivity index (χ1) is 8.22. The van der Waals surface area contributed by atoms with Crippen LogP contribution >= 0.6 is 11.8 Å². The molecule has 0 saturated carbocycles. The highest BCUT2D eigenvalue weighted by Crippen LogP contribution is 2.31. The molecule has 0 spiro atoms. The third kappa shape index (κ3) is 2.21. The average Bonchev–Trinajstić information content (AvgIpc) is 2.29. The van der Waals surface area contributed by atoms with Crippen LogP contribution in [0.25, 0.3) is 0 Å². The van der Waals surface area contributed by atoms with E-state index in [4.69, 9.17) is 10.00 Å². The van der Waals surface area contributed by atoms with E-state index in [1.807, 2.05) is 12.1 Å². The number of carbonyl (C=O) groups excluding carboxylic acids is 1. The molecular formula is C13H13NO2S. The fraction of sp³-hybridized carbons (Fsp3) is 0.385. The Bertz CT molecular complexity index is 457. The molecule has 1 fully saturated rings. The number of carbonyl (C=O) groups is 1. The smallest absolute Gasteiger partial charge is 0.187 e. The van der Waals surface area contributed by atoms with Crippen molar-refractivity contribution < 1.29 is 9.53 Å². The van der Waals surface area contributed by atoms with Gasteiger partial charge in [0.1, 0.15) is 0 Å². The highest BCUT2D eigenvalue weighted by molar-refractivity contribution is 7.99. The molecule has 0 N–H and O–H groups in total. The monoisotopic (exact) mass is 247 g/mol. The van der Waals surface area contributed by atoms with Gasteiger partial charge in [-0.2, -0.15) is 5.26 Å². The van der Waals surface area contributed by atoms with E-state index in [0.717, 1.165) is 10.6 Å². The Labute approximate surface area is 105 Å². The van der Waals surface area contributed by atoms with E-state index in [2.05, 4.69) is 13.0 Å². The first-order valence-electron chi connectivity index (χ1n) is 5.48. The molecule has 1 aliphatic rings. The summed E-state index contributed by atoms with van der Waals surface area (Å²) in [6, 6.07) is 9.50. The molecule has 1 aromatic carbocycles. The summed E-state index contributed by atoms with van der Waals surface area (Å²) in [7, 11) is 0. The second-order valence-electron chi connectivity index (χ2n) is 3.97. The van der Waals surface area contributed by atoms with Crippen molar-refractivity contribution in [3.63, 3.8) is 0 Å².